The Hall–Kier alpha value is -2.97. The minimum absolute atomic E-state index is 0.136. The van der Waals surface area contributed by atoms with Gasteiger partial charge >= 0.3 is 5.97 Å². The lowest BCUT2D eigenvalue weighted by Gasteiger charge is -2.38. The number of nitrogens with zero attached hydrogens (tertiary/aromatic N) is 2. The van der Waals surface area contributed by atoms with Crippen LogP contribution in [0.25, 0.3) is 10.9 Å². The Morgan fingerprint density at radius 1 is 1.09 bits per heavy atom. The van der Waals surface area contributed by atoms with Crippen molar-refractivity contribution in [2.75, 3.05) is 24.5 Å². The van der Waals surface area contributed by atoms with E-state index in [1.54, 1.807) is 36.4 Å². The quantitative estimate of drug-likeness (QED) is 0.607. The minimum Gasteiger partial charge on any atom is -0.458 e. The molecule has 8 heteroatoms. The first-order valence-corrected chi connectivity index (χ1v) is 12.0. The molecule has 1 saturated heterocycles. The van der Waals surface area contributed by atoms with E-state index in [-0.39, 0.29) is 15.8 Å². The van der Waals surface area contributed by atoms with Crippen LogP contribution in [0.1, 0.15) is 20.8 Å². The van der Waals surface area contributed by atoms with Crippen molar-refractivity contribution >= 4 is 32.4 Å². The van der Waals surface area contributed by atoms with Gasteiger partial charge < -0.3 is 15.0 Å². The predicted molar refractivity (Wildman–Crippen MR) is 123 cm³/mol. The standard InChI is InChI=1S/C24H27N3O4S/c1-24(2,3)31-23(28)21-16-25-12-13-27(21)20-11-7-8-17-14-19(15-26-22(17)20)32(29,30)18-9-5-4-6-10-18/h4-11,14-15,21,25H,12-13,16H2,1-3H3. The van der Waals surface area contributed by atoms with Crippen LogP contribution in [0.5, 0.6) is 0 Å². The van der Waals surface area contributed by atoms with E-state index in [1.807, 2.05) is 43.9 Å². The third-order valence-corrected chi connectivity index (χ3v) is 7.00. The number of rotatable bonds is 4. The van der Waals surface area contributed by atoms with Gasteiger partial charge in [-0.3, -0.25) is 4.98 Å². The summed E-state index contributed by atoms with van der Waals surface area (Å²) in [6.07, 6.45) is 1.39. The van der Waals surface area contributed by atoms with Gasteiger partial charge in [0.15, 0.2) is 0 Å². The zero-order valence-corrected chi connectivity index (χ0v) is 19.2. The highest BCUT2D eigenvalue weighted by Gasteiger charge is 2.33. The zero-order chi connectivity index (χ0) is 22.9. The summed E-state index contributed by atoms with van der Waals surface area (Å²) in [6.45, 7) is 7.33. The van der Waals surface area contributed by atoms with Crippen LogP contribution in [-0.2, 0) is 19.4 Å². The van der Waals surface area contributed by atoms with Crippen LogP contribution in [0.2, 0.25) is 0 Å². The molecule has 1 aliphatic rings. The number of anilines is 1. The molecule has 1 atom stereocenters. The van der Waals surface area contributed by atoms with Crippen molar-refractivity contribution in [3.8, 4) is 0 Å². The first-order chi connectivity index (χ1) is 15.2. The molecule has 7 nitrogen and oxygen atoms in total. The molecule has 4 rings (SSSR count). The lowest BCUT2D eigenvalue weighted by Crippen LogP contribution is -2.56. The van der Waals surface area contributed by atoms with Crippen LogP contribution in [0.4, 0.5) is 5.69 Å². The van der Waals surface area contributed by atoms with Crippen LogP contribution in [0, 0.1) is 0 Å². The number of hydrogen-bond acceptors (Lipinski definition) is 7. The topological polar surface area (TPSA) is 88.6 Å². The molecule has 2 heterocycles. The van der Waals surface area contributed by atoms with Crippen LogP contribution < -0.4 is 10.2 Å². The van der Waals surface area contributed by atoms with Crippen LogP contribution >= 0.6 is 0 Å². The maximum absolute atomic E-state index is 13.0. The number of hydrogen-bond donors (Lipinski definition) is 1. The molecule has 168 valence electrons. The molecule has 0 saturated carbocycles. The summed E-state index contributed by atoms with van der Waals surface area (Å²) in [5, 5.41) is 3.95. The van der Waals surface area contributed by atoms with E-state index in [9.17, 15) is 13.2 Å². The number of nitrogens with one attached hydrogen (secondary N) is 1. The Kier molecular flexibility index (Phi) is 5.92. The molecule has 0 spiro atoms. The Morgan fingerprint density at radius 3 is 2.56 bits per heavy atom. The molecule has 1 fully saturated rings. The lowest BCUT2D eigenvalue weighted by atomic mass is 10.1. The molecular weight excluding hydrogens is 426 g/mol. The molecule has 2 aromatic carbocycles. The number of carbonyl (C=O) groups is 1. The smallest absolute Gasteiger partial charge is 0.330 e. The summed E-state index contributed by atoms with van der Waals surface area (Å²) in [7, 11) is -3.67. The Morgan fingerprint density at radius 2 is 1.84 bits per heavy atom. The predicted octanol–water partition coefficient (Wildman–Crippen LogP) is 3.19. The van der Waals surface area contributed by atoms with Gasteiger partial charge in [0.2, 0.25) is 9.84 Å². The van der Waals surface area contributed by atoms with E-state index < -0.39 is 21.5 Å². The van der Waals surface area contributed by atoms with Gasteiger partial charge in [0.05, 0.1) is 21.0 Å². The summed E-state index contributed by atoms with van der Waals surface area (Å²) >= 11 is 0. The van der Waals surface area contributed by atoms with Crippen molar-refractivity contribution < 1.29 is 17.9 Å². The van der Waals surface area contributed by atoms with Gasteiger partial charge in [0.25, 0.3) is 0 Å². The molecule has 0 amide bonds. The number of sulfone groups is 1. The fraction of sp³-hybridized carbons (Fsp3) is 0.333. The molecule has 1 aromatic heterocycles. The number of piperazine rings is 1. The summed E-state index contributed by atoms with van der Waals surface area (Å²) in [5.74, 6) is -0.301. The third-order valence-electron chi connectivity index (χ3n) is 5.26. The SMILES string of the molecule is CC(C)(C)OC(=O)C1CNCCN1c1cccc2cc(S(=O)(=O)c3ccccc3)cnc12. The van der Waals surface area contributed by atoms with Gasteiger partial charge in [-0.1, -0.05) is 30.3 Å². The second kappa shape index (κ2) is 8.52. The average molecular weight is 454 g/mol. The number of esters is 1. The van der Waals surface area contributed by atoms with Gasteiger partial charge in [-0.05, 0) is 45.0 Å². The van der Waals surface area contributed by atoms with E-state index in [0.29, 0.717) is 24.0 Å². The molecule has 1 N–H and O–H groups in total. The van der Waals surface area contributed by atoms with E-state index in [1.165, 1.54) is 6.20 Å². The second-order valence-corrected chi connectivity index (χ2v) is 10.7. The number of carbonyl (C=O) groups excluding carboxylic acids is 1. The first kappa shape index (κ1) is 22.2. The van der Waals surface area contributed by atoms with E-state index in [4.69, 9.17) is 4.74 Å². The maximum atomic E-state index is 13.0. The Balaban J connectivity index is 1.73. The second-order valence-electron chi connectivity index (χ2n) is 8.78. The van der Waals surface area contributed by atoms with Crippen molar-refractivity contribution in [1.29, 1.82) is 0 Å². The Bertz CT molecular complexity index is 1240. The van der Waals surface area contributed by atoms with Crippen molar-refractivity contribution in [3.63, 3.8) is 0 Å². The monoisotopic (exact) mass is 453 g/mol. The zero-order valence-electron chi connectivity index (χ0n) is 18.4. The van der Waals surface area contributed by atoms with Gasteiger partial charge in [-0.2, -0.15) is 0 Å². The highest BCUT2D eigenvalue weighted by atomic mass is 32.2. The molecule has 1 aliphatic heterocycles. The van der Waals surface area contributed by atoms with Crippen LogP contribution in [0.15, 0.2) is 70.6 Å². The summed E-state index contributed by atoms with van der Waals surface area (Å²) in [4.78, 5) is 19.7. The number of pyridine rings is 1. The van der Waals surface area contributed by atoms with Crippen molar-refractivity contribution in [1.82, 2.24) is 10.3 Å². The Labute approximate surface area is 188 Å². The number of fused-ring (bicyclic) bond motifs is 1. The fourth-order valence-electron chi connectivity index (χ4n) is 3.81. The molecule has 3 aromatic rings. The van der Waals surface area contributed by atoms with E-state index >= 15 is 0 Å². The molecule has 0 radical (unpaired) electrons. The molecule has 0 aliphatic carbocycles. The molecule has 0 bridgehead atoms. The highest BCUT2D eigenvalue weighted by Crippen LogP contribution is 2.30. The summed E-state index contributed by atoms with van der Waals surface area (Å²) in [5.41, 5.74) is 0.844. The highest BCUT2D eigenvalue weighted by molar-refractivity contribution is 7.91. The average Bonchev–Trinajstić information content (AvgIpc) is 2.77. The summed E-state index contributed by atoms with van der Waals surface area (Å²) < 4.78 is 31.7. The third kappa shape index (κ3) is 4.47. The fourth-order valence-corrected chi connectivity index (χ4v) is 5.07. The molecule has 1 unspecified atom stereocenters. The number of ether oxygens (including phenoxy) is 1. The van der Waals surface area contributed by atoms with Gasteiger partial charge in [-0.15, -0.1) is 0 Å². The maximum Gasteiger partial charge on any atom is 0.330 e. The molecular formula is C24H27N3O4S. The summed E-state index contributed by atoms with van der Waals surface area (Å²) in [6, 6.07) is 15.0. The largest absolute Gasteiger partial charge is 0.458 e. The normalized spacial score (nSPS) is 17.3. The van der Waals surface area contributed by atoms with Crippen molar-refractivity contribution in [3.05, 3.63) is 60.8 Å². The van der Waals surface area contributed by atoms with E-state index in [2.05, 4.69) is 10.3 Å². The van der Waals surface area contributed by atoms with Crippen molar-refractivity contribution in [2.24, 2.45) is 0 Å². The van der Waals surface area contributed by atoms with Crippen LogP contribution in [0.3, 0.4) is 0 Å². The molecule has 32 heavy (non-hydrogen) atoms. The number of benzene rings is 2. The van der Waals surface area contributed by atoms with Gasteiger partial charge in [0, 0.05) is 31.2 Å². The van der Waals surface area contributed by atoms with Crippen LogP contribution in [-0.4, -0.2) is 50.6 Å². The minimum atomic E-state index is -3.67. The van der Waals surface area contributed by atoms with E-state index in [0.717, 1.165) is 12.2 Å². The first-order valence-electron chi connectivity index (χ1n) is 10.6. The van der Waals surface area contributed by atoms with Gasteiger partial charge in [-0.25, -0.2) is 13.2 Å². The van der Waals surface area contributed by atoms with Gasteiger partial charge in [0.1, 0.15) is 11.6 Å². The lowest BCUT2D eigenvalue weighted by molar-refractivity contribution is -0.156. The van der Waals surface area contributed by atoms with Crippen molar-refractivity contribution in [2.45, 2.75) is 42.2 Å². The number of aromatic nitrogens is 1. The number of para-hydroxylation sites is 1.